The second-order valence-corrected chi connectivity index (χ2v) is 8.35. The zero-order valence-corrected chi connectivity index (χ0v) is 17.2. The summed E-state index contributed by atoms with van der Waals surface area (Å²) in [6.07, 6.45) is 12.8. The van der Waals surface area contributed by atoms with Gasteiger partial charge in [0.05, 0.1) is 23.6 Å². The van der Waals surface area contributed by atoms with Crippen LogP contribution in [-0.2, 0) is 10.0 Å². The topological polar surface area (TPSA) is 53.0 Å². The van der Waals surface area contributed by atoms with Crippen LogP contribution in [0, 0.1) is 19.3 Å². The zero-order valence-electron chi connectivity index (χ0n) is 16.4. The number of hydrogen-bond donors (Lipinski definition) is 0. The van der Waals surface area contributed by atoms with Gasteiger partial charge in [-0.05, 0) is 44.9 Å². The molecule has 156 valence electrons. The Bertz CT molecular complexity index is 1000. The molecule has 0 unspecified atom stereocenters. The van der Waals surface area contributed by atoms with Crippen LogP contribution in [0.25, 0.3) is 0 Å². The first-order chi connectivity index (χ1) is 13.5. The Morgan fingerprint density at radius 3 is 2.55 bits per heavy atom. The average molecular weight is 425 g/mol. The Kier molecular flexibility index (Phi) is 6.80. The lowest BCUT2D eigenvalue weighted by atomic mass is 10.1. The molecule has 0 spiro atoms. The second kappa shape index (κ2) is 8.74. The van der Waals surface area contributed by atoms with Gasteiger partial charge in [-0.3, -0.25) is 9.31 Å². The largest absolute Gasteiger partial charge is 0.516 e. The summed E-state index contributed by atoms with van der Waals surface area (Å²) in [7, 11) is -3.96. The van der Waals surface area contributed by atoms with Gasteiger partial charge in [0.1, 0.15) is 0 Å². The van der Waals surface area contributed by atoms with Crippen molar-refractivity contribution in [2.24, 2.45) is 5.10 Å². The van der Waals surface area contributed by atoms with Crippen molar-refractivity contribution in [1.29, 1.82) is 0 Å². The van der Waals surface area contributed by atoms with Crippen LogP contribution < -0.4 is 4.31 Å². The summed E-state index contributed by atoms with van der Waals surface area (Å²) in [5.74, 6) is 2.00. The standard InChI is InChI=1S/C20H22F3N3O2S/c1-5-13-26(29(27,28)20(21,22)23)19-12-11-15(2)14-18(19)16(3)24-25(4)17-9-7-6-8-10-17/h1,7,9-12,14H,6,8,13H2,2-4H3/b24-16+. The first-order valence-corrected chi connectivity index (χ1v) is 10.2. The van der Waals surface area contributed by atoms with Crippen LogP contribution in [0.5, 0.6) is 0 Å². The van der Waals surface area contributed by atoms with Gasteiger partial charge < -0.3 is 0 Å². The number of anilines is 1. The van der Waals surface area contributed by atoms with E-state index in [4.69, 9.17) is 6.42 Å². The highest BCUT2D eigenvalue weighted by molar-refractivity contribution is 7.93. The number of hydrazone groups is 1. The number of aryl methyl sites for hydroxylation is 1. The maximum absolute atomic E-state index is 13.2. The molecule has 29 heavy (non-hydrogen) atoms. The molecule has 0 radical (unpaired) electrons. The molecule has 1 aliphatic rings. The van der Waals surface area contributed by atoms with Crippen LogP contribution in [-0.4, -0.2) is 38.2 Å². The minimum atomic E-state index is -5.67. The number of likely N-dealkylation sites (N-methyl/N-ethyl adjacent to an activating group) is 1. The summed E-state index contributed by atoms with van der Waals surface area (Å²) in [6, 6.07) is 4.42. The molecule has 0 saturated heterocycles. The number of nitrogens with zero attached hydrogens (tertiary/aromatic N) is 3. The highest BCUT2D eigenvalue weighted by atomic mass is 32.2. The van der Waals surface area contributed by atoms with E-state index in [1.165, 1.54) is 12.1 Å². The molecule has 0 amide bonds. The second-order valence-electron chi connectivity index (χ2n) is 6.50. The van der Waals surface area contributed by atoms with Crippen molar-refractivity contribution in [3.05, 3.63) is 53.3 Å². The monoisotopic (exact) mass is 425 g/mol. The van der Waals surface area contributed by atoms with Crippen molar-refractivity contribution in [3.63, 3.8) is 0 Å². The number of rotatable bonds is 6. The summed E-state index contributed by atoms with van der Waals surface area (Å²) >= 11 is 0. The third-order valence-corrected chi connectivity index (χ3v) is 5.77. The number of benzene rings is 1. The number of terminal acetylenes is 1. The van der Waals surface area contributed by atoms with E-state index in [0.717, 1.165) is 24.1 Å². The van der Waals surface area contributed by atoms with Crippen LogP contribution in [0.3, 0.4) is 0 Å². The predicted molar refractivity (Wildman–Crippen MR) is 109 cm³/mol. The molecule has 0 fully saturated rings. The molecule has 0 N–H and O–H groups in total. The molecule has 1 aromatic rings. The first-order valence-electron chi connectivity index (χ1n) is 8.78. The van der Waals surface area contributed by atoms with Crippen molar-refractivity contribution < 1.29 is 21.6 Å². The minimum Gasteiger partial charge on any atom is -0.269 e. The van der Waals surface area contributed by atoms with E-state index in [9.17, 15) is 21.6 Å². The Morgan fingerprint density at radius 1 is 1.31 bits per heavy atom. The molecular formula is C20H22F3N3O2S. The van der Waals surface area contributed by atoms with E-state index in [-0.39, 0.29) is 15.6 Å². The minimum absolute atomic E-state index is 0.173. The van der Waals surface area contributed by atoms with E-state index in [1.807, 2.05) is 24.1 Å². The van der Waals surface area contributed by atoms with Crippen molar-refractivity contribution >= 4 is 21.4 Å². The van der Waals surface area contributed by atoms with Crippen LogP contribution in [0.2, 0.25) is 0 Å². The summed E-state index contributed by atoms with van der Waals surface area (Å²) in [6.45, 7) is 2.60. The van der Waals surface area contributed by atoms with Crippen molar-refractivity contribution in [1.82, 2.24) is 5.01 Å². The molecule has 0 aromatic heterocycles. The van der Waals surface area contributed by atoms with Crippen molar-refractivity contribution in [2.45, 2.75) is 32.2 Å². The van der Waals surface area contributed by atoms with E-state index >= 15 is 0 Å². The fourth-order valence-electron chi connectivity index (χ4n) is 2.84. The fourth-order valence-corrected chi connectivity index (χ4v) is 3.75. The van der Waals surface area contributed by atoms with Gasteiger partial charge in [-0.25, -0.2) is 0 Å². The summed E-state index contributed by atoms with van der Waals surface area (Å²) in [5, 5.41) is 6.03. The third-order valence-electron chi connectivity index (χ3n) is 4.28. The lowest BCUT2D eigenvalue weighted by Crippen LogP contribution is -2.41. The van der Waals surface area contributed by atoms with Crippen molar-refractivity contribution in [2.75, 3.05) is 17.9 Å². The highest BCUT2D eigenvalue weighted by Crippen LogP contribution is 2.33. The van der Waals surface area contributed by atoms with Gasteiger partial charge in [-0.1, -0.05) is 29.7 Å². The van der Waals surface area contributed by atoms with Gasteiger partial charge in [0.15, 0.2) is 0 Å². The van der Waals surface area contributed by atoms with E-state index in [0.29, 0.717) is 5.71 Å². The molecule has 0 heterocycles. The highest BCUT2D eigenvalue weighted by Gasteiger charge is 2.50. The van der Waals surface area contributed by atoms with Crippen LogP contribution >= 0.6 is 0 Å². The number of alkyl halides is 3. The zero-order chi connectivity index (χ0) is 21.8. The maximum Gasteiger partial charge on any atom is 0.516 e. The molecule has 0 atom stereocenters. The van der Waals surface area contributed by atoms with Gasteiger partial charge in [0.25, 0.3) is 0 Å². The molecule has 0 aliphatic heterocycles. The van der Waals surface area contributed by atoms with Gasteiger partial charge in [0, 0.05) is 12.6 Å². The van der Waals surface area contributed by atoms with Gasteiger partial charge in [-0.2, -0.15) is 26.7 Å². The van der Waals surface area contributed by atoms with Gasteiger partial charge in [-0.15, -0.1) is 6.42 Å². The molecule has 0 saturated carbocycles. The number of halogens is 3. The summed E-state index contributed by atoms with van der Waals surface area (Å²) < 4.78 is 64.0. The maximum atomic E-state index is 13.2. The molecular weight excluding hydrogens is 403 g/mol. The van der Waals surface area contributed by atoms with Crippen LogP contribution in [0.1, 0.15) is 30.9 Å². The Hall–Kier alpha value is -2.73. The Balaban J connectivity index is 2.58. The lowest BCUT2D eigenvalue weighted by Gasteiger charge is -2.26. The van der Waals surface area contributed by atoms with E-state index in [2.05, 4.69) is 5.10 Å². The number of sulfonamides is 1. The average Bonchev–Trinajstić information content (AvgIpc) is 2.66. The summed E-state index contributed by atoms with van der Waals surface area (Å²) in [4.78, 5) is 0. The smallest absolute Gasteiger partial charge is 0.269 e. The van der Waals surface area contributed by atoms with Crippen LogP contribution in [0.15, 0.2) is 47.2 Å². The molecule has 1 aliphatic carbocycles. The Labute approximate surface area is 169 Å². The SMILES string of the molecule is C#CCN(c1ccc(C)cc1/C(C)=N/N(C)C1=CCCC=C1)S(=O)(=O)C(F)(F)F. The molecule has 9 heteroatoms. The molecule has 0 bridgehead atoms. The van der Waals surface area contributed by atoms with E-state index in [1.54, 1.807) is 32.0 Å². The molecule has 2 rings (SSSR count). The van der Waals surface area contributed by atoms with Crippen molar-refractivity contribution in [3.8, 4) is 12.3 Å². The normalized spacial score (nSPS) is 14.9. The first kappa shape index (κ1) is 22.6. The predicted octanol–water partition coefficient (Wildman–Crippen LogP) is 4.17. The quantitative estimate of drug-likeness (QED) is 0.390. The van der Waals surface area contributed by atoms with Gasteiger partial charge in [0.2, 0.25) is 0 Å². The molecule has 1 aromatic carbocycles. The fraction of sp³-hybridized carbons (Fsp3) is 0.350. The Morgan fingerprint density at radius 2 is 2.00 bits per heavy atom. The number of allylic oxidation sites excluding steroid dienone is 3. The molecule has 5 nitrogen and oxygen atoms in total. The van der Waals surface area contributed by atoms with Gasteiger partial charge >= 0.3 is 15.5 Å². The number of hydrogen-bond acceptors (Lipinski definition) is 4. The third kappa shape index (κ3) is 5.01. The van der Waals surface area contributed by atoms with Crippen LogP contribution in [0.4, 0.5) is 18.9 Å². The van der Waals surface area contributed by atoms with E-state index < -0.39 is 22.1 Å². The lowest BCUT2D eigenvalue weighted by molar-refractivity contribution is -0.0437. The summed E-state index contributed by atoms with van der Waals surface area (Å²) in [5.41, 5.74) is -3.47.